The zero-order valence-corrected chi connectivity index (χ0v) is 12.6. The number of rotatable bonds is 3. The Labute approximate surface area is 125 Å². The molecule has 1 aliphatic rings. The van der Waals surface area contributed by atoms with E-state index in [0.29, 0.717) is 12.8 Å². The Kier molecular flexibility index (Phi) is 4.73. The Bertz CT molecular complexity index is 566. The largest absolute Gasteiger partial charge is 0.299 e. The highest BCUT2D eigenvalue weighted by atomic mass is 16.1. The molecule has 0 bridgehead atoms. The number of hydrogen-bond acceptors (Lipinski definition) is 5. The molecule has 2 atom stereocenters. The molecule has 1 aliphatic carbocycles. The summed E-state index contributed by atoms with van der Waals surface area (Å²) in [4.78, 5) is 12.4. The summed E-state index contributed by atoms with van der Waals surface area (Å²) in [5, 5.41) is 38.5. The van der Waals surface area contributed by atoms with Crippen molar-refractivity contribution in [1.29, 1.82) is 21.0 Å². The van der Waals surface area contributed by atoms with Gasteiger partial charge in [-0.15, -0.1) is 0 Å². The molecule has 1 saturated carbocycles. The fourth-order valence-corrected chi connectivity index (χ4v) is 3.45. The first-order valence-electron chi connectivity index (χ1n) is 7.08. The molecule has 0 radical (unpaired) electrons. The van der Waals surface area contributed by atoms with Crippen LogP contribution in [0.1, 0.15) is 40.0 Å². The summed E-state index contributed by atoms with van der Waals surface area (Å²) in [7, 11) is 0. The van der Waals surface area contributed by atoms with E-state index < -0.39 is 22.7 Å². The van der Waals surface area contributed by atoms with Crippen LogP contribution in [0.4, 0.5) is 0 Å². The third-order valence-electron chi connectivity index (χ3n) is 4.60. The predicted octanol–water partition coefficient (Wildman–Crippen LogP) is 2.71. The average Bonchev–Trinajstić information content (AvgIpc) is 2.48. The summed E-state index contributed by atoms with van der Waals surface area (Å²) in [6.07, 6.45) is 1.03. The molecule has 1 fully saturated rings. The van der Waals surface area contributed by atoms with Crippen LogP contribution < -0.4 is 0 Å². The standard InChI is InChI=1S/C16H18N4O/c1-4-5-12-14(21)6-13(11(2)3)16(9-19,10-20)15(12,7-17)8-18/h11-13H,4-6H2,1-3H3/t12-,13-/m1/s1. The second-order valence-corrected chi connectivity index (χ2v) is 5.93. The number of nitrogens with zero attached hydrogens (tertiary/aromatic N) is 4. The van der Waals surface area contributed by atoms with Gasteiger partial charge in [0.2, 0.25) is 0 Å². The topological polar surface area (TPSA) is 112 Å². The lowest BCUT2D eigenvalue weighted by Crippen LogP contribution is -2.56. The second kappa shape index (κ2) is 5.95. The predicted molar refractivity (Wildman–Crippen MR) is 73.7 cm³/mol. The van der Waals surface area contributed by atoms with E-state index in [0.717, 1.165) is 0 Å². The van der Waals surface area contributed by atoms with Crippen LogP contribution in [-0.2, 0) is 4.79 Å². The minimum atomic E-state index is -1.89. The number of nitriles is 4. The molecule has 1 rings (SSSR count). The van der Waals surface area contributed by atoms with Gasteiger partial charge in [-0.2, -0.15) is 21.0 Å². The van der Waals surface area contributed by atoms with E-state index in [2.05, 4.69) is 0 Å². The van der Waals surface area contributed by atoms with Crippen LogP contribution in [0.25, 0.3) is 0 Å². The zero-order chi connectivity index (χ0) is 16.3. The fourth-order valence-electron chi connectivity index (χ4n) is 3.45. The van der Waals surface area contributed by atoms with Gasteiger partial charge in [0.1, 0.15) is 5.78 Å². The van der Waals surface area contributed by atoms with E-state index >= 15 is 0 Å². The highest BCUT2D eigenvalue weighted by Crippen LogP contribution is 2.57. The van der Waals surface area contributed by atoms with Crippen LogP contribution in [-0.4, -0.2) is 5.78 Å². The summed E-state index contributed by atoms with van der Waals surface area (Å²) in [6, 6.07) is 7.65. The Morgan fingerprint density at radius 3 is 1.90 bits per heavy atom. The fraction of sp³-hybridized carbons (Fsp3) is 0.688. The first-order valence-corrected chi connectivity index (χ1v) is 7.08. The molecule has 0 aromatic rings. The molecule has 0 unspecified atom stereocenters. The van der Waals surface area contributed by atoms with Crippen LogP contribution in [0, 0.1) is 73.9 Å². The van der Waals surface area contributed by atoms with Gasteiger partial charge in [0.15, 0.2) is 10.8 Å². The minimum Gasteiger partial charge on any atom is -0.299 e. The van der Waals surface area contributed by atoms with Crippen molar-refractivity contribution in [3.63, 3.8) is 0 Å². The second-order valence-electron chi connectivity index (χ2n) is 5.93. The Hall–Kier alpha value is -2.37. The molecule has 0 aromatic carbocycles. The lowest BCUT2D eigenvalue weighted by molar-refractivity contribution is -0.135. The van der Waals surface area contributed by atoms with Crippen molar-refractivity contribution in [3.8, 4) is 24.3 Å². The van der Waals surface area contributed by atoms with Crippen molar-refractivity contribution < 1.29 is 4.79 Å². The summed E-state index contributed by atoms with van der Waals surface area (Å²) in [6.45, 7) is 5.46. The number of ketones is 1. The van der Waals surface area contributed by atoms with Gasteiger partial charge >= 0.3 is 0 Å². The number of hydrogen-bond donors (Lipinski definition) is 0. The first kappa shape index (κ1) is 16.7. The lowest BCUT2D eigenvalue weighted by Gasteiger charge is -2.47. The van der Waals surface area contributed by atoms with Gasteiger partial charge in [-0.3, -0.25) is 4.79 Å². The van der Waals surface area contributed by atoms with E-state index in [1.165, 1.54) is 0 Å². The molecule has 0 N–H and O–H groups in total. The van der Waals surface area contributed by atoms with Crippen molar-refractivity contribution in [2.45, 2.75) is 40.0 Å². The highest BCUT2D eigenvalue weighted by Gasteiger charge is 2.67. The van der Waals surface area contributed by atoms with Crippen molar-refractivity contribution >= 4 is 5.78 Å². The van der Waals surface area contributed by atoms with Crippen LogP contribution >= 0.6 is 0 Å². The van der Waals surface area contributed by atoms with Crippen LogP contribution in [0.5, 0.6) is 0 Å². The molecule has 0 aliphatic heterocycles. The van der Waals surface area contributed by atoms with Gasteiger partial charge in [-0.05, 0) is 12.3 Å². The molecule has 0 spiro atoms. The van der Waals surface area contributed by atoms with E-state index in [4.69, 9.17) is 0 Å². The van der Waals surface area contributed by atoms with E-state index in [9.17, 15) is 25.8 Å². The normalized spacial score (nSPS) is 26.2. The summed E-state index contributed by atoms with van der Waals surface area (Å²) >= 11 is 0. The molecule has 0 heterocycles. The zero-order valence-electron chi connectivity index (χ0n) is 12.6. The number of carbonyl (C=O) groups excluding carboxylic acids is 1. The first-order chi connectivity index (χ1) is 9.90. The van der Waals surface area contributed by atoms with E-state index in [1.54, 1.807) is 13.8 Å². The molecule has 5 heteroatoms. The van der Waals surface area contributed by atoms with Gasteiger partial charge in [0.05, 0.1) is 30.2 Å². The van der Waals surface area contributed by atoms with Crippen molar-refractivity contribution in [2.75, 3.05) is 0 Å². The molecule has 0 saturated heterocycles. The van der Waals surface area contributed by atoms with Crippen LogP contribution in [0.2, 0.25) is 0 Å². The molecule has 0 amide bonds. The smallest absolute Gasteiger partial charge is 0.185 e. The third-order valence-corrected chi connectivity index (χ3v) is 4.60. The monoisotopic (exact) mass is 282 g/mol. The lowest BCUT2D eigenvalue weighted by atomic mass is 9.47. The summed E-state index contributed by atoms with van der Waals surface area (Å²) < 4.78 is 0. The molecule has 5 nitrogen and oxygen atoms in total. The molecule has 108 valence electrons. The molecule has 21 heavy (non-hydrogen) atoms. The Morgan fingerprint density at radius 1 is 1.10 bits per heavy atom. The Balaban J connectivity index is 3.70. The van der Waals surface area contributed by atoms with Crippen molar-refractivity contribution in [2.24, 2.45) is 28.6 Å². The summed E-state index contributed by atoms with van der Waals surface area (Å²) in [5.74, 6) is -1.80. The van der Waals surface area contributed by atoms with Gasteiger partial charge in [0.25, 0.3) is 0 Å². The summed E-state index contributed by atoms with van der Waals surface area (Å²) in [5.41, 5.74) is -3.66. The molecular weight excluding hydrogens is 264 g/mol. The Morgan fingerprint density at radius 2 is 1.57 bits per heavy atom. The van der Waals surface area contributed by atoms with Crippen molar-refractivity contribution in [1.82, 2.24) is 0 Å². The van der Waals surface area contributed by atoms with Gasteiger partial charge in [-0.25, -0.2) is 0 Å². The number of carbonyl (C=O) groups is 1. The van der Waals surface area contributed by atoms with E-state index in [1.807, 2.05) is 31.2 Å². The maximum absolute atomic E-state index is 12.4. The highest BCUT2D eigenvalue weighted by molar-refractivity contribution is 5.85. The van der Waals surface area contributed by atoms with Gasteiger partial charge < -0.3 is 0 Å². The SMILES string of the molecule is CCC[C@@H]1C(=O)C[C@H](C(C)C)C(C#N)(C#N)C1(C#N)C#N. The van der Waals surface area contributed by atoms with Gasteiger partial charge in [-0.1, -0.05) is 27.2 Å². The molecule has 0 aromatic heterocycles. The van der Waals surface area contributed by atoms with Crippen LogP contribution in [0.15, 0.2) is 0 Å². The quantitative estimate of drug-likeness (QED) is 0.789. The maximum Gasteiger partial charge on any atom is 0.185 e. The van der Waals surface area contributed by atoms with Gasteiger partial charge in [0, 0.05) is 12.3 Å². The third kappa shape index (κ3) is 2.07. The average molecular weight is 282 g/mol. The minimum absolute atomic E-state index is 0.0779. The molecular formula is C16H18N4O. The maximum atomic E-state index is 12.4. The number of Topliss-reactive ketones (excluding diaryl/α,β-unsaturated/α-hetero) is 1. The van der Waals surface area contributed by atoms with Crippen LogP contribution in [0.3, 0.4) is 0 Å². The van der Waals surface area contributed by atoms with E-state index in [-0.39, 0.29) is 18.1 Å². The van der Waals surface area contributed by atoms with Crippen molar-refractivity contribution in [3.05, 3.63) is 0 Å².